The molecule has 2 aliphatic rings. The molecule has 2 aliphatic heterocycles. The SMILES string of the molecule is O=C(O)/C=C/c1cnc(CN2CCC(c3cccc4c3OC[C@@H](c3ccc(Cl)cc3)O4)CC2)n1Cc1ccno1. The summed E-state index contributed by atoms with van der Waals surface area (Å²) >= 11 is 6.05. The van der Waals surface area contributed by atoms with Crippen LogP contribution in [0.5, 0.6) is 11.5 Å². The minimum Gasteiger partial charge on any atom is -0.485 e. The van der Waals surface area contributed by atoms with Gasteiger partial charge in [0.1, 0.15) is 12.4 Å². The fourth-order valence-electron chi connectivity index (χ4n) is 5.40. The number of benzene rings is 2. The van der Waals surface area contributed by atoms with Gasteiger partial charge in [-0.1, -0.05) is 41.0 Å². The fourth-order valence-corrected chi connectivity index (χ4v) is 5.52. The molecule has 0 amide bonds. The maximum atomic E-state index is 11.1. The van der Waals surface area contributed by atoms with E-state index in [1.54, 1.807) is 24.5 Å². The Morgan fingerprint density at radius 2 is 1.93 bits per heavy atom. The first-order chi connectivity index (χ1) is 19.5. The Morgan fingerprint density at radius 3 is 2.67 bits per heavy atom. The number of ether oxygens (including phenoxy) is 2. The number of rotatable bonds is 8. The number of imidazole rings is 1. The highest BCUT2D eigenvalue weighted by Crippen LogP contribution is 2.44. The van der Waals surface area contributed by atoms with E-state index in [9.17, 15) is 4.79 Å². The number of carboxylic acids is 1. The predicted molar refractivity (Wildman–Crippen MR) is 149 cm³/mol. The summed E-state index contributed by atoms with van der Waals surface area (Å²) < 4.78 is 19.9. The topological polar surface area (TPSA) is 103 Å². The van der Waals surface area contributed by atoms with Crippen LogP contribution in [0.1, 0.15) is 53.3 Å². The second-order valence-corrected chi connectivity index (χ2v) is 10.5. The van der Waals surface area contributed by atoms with Gasteiger partial charge in [0.25, 0.3) is 0 Å². The zero-order chi connectivity index (χ0) is 27.5. The molecule has 6 rings (SSSR count). The number of likely N-dealkylation sites (tertiary alicyclic amines) is 1. The summed E-state index contributed by atoms with van der Waals surface area (Å²) in [6.07, 6.45) is 7.76. The second kappa shape index (κ2) is 11.6. The molecule has 0 unspecified atom stereocenters. The van der Waals surface area contributed by atoms with Gasteiger partial charge >= 0.3 is 5.97 Å². The maximum absolute atomic E-state index is 11.1. The minimum absolute atomic E-state index is 0.169. The lowest BCUT2D eigenvalue weighted by molar-refractivity contribution is -0.131. The molecule has 10 heteroatoms. The van der Waals surface area contributed by atoms with Gasteiger partial charge in [-0.3, -0.25) is 4.90 Å². The molecular weight excluding hydrogens is 532 g/mol. The highest BCUT2D eigenvalue weighted by atomic mass is 35.5. The van der Waals surface area contributed by atoms with Gasteiger partial charge in [0.15, 0.2) is 23.4 Å². The summed E-state index contributed by atoms with van der Waals surface area (Å²) in [5, 5.41) is 13.6. The van der Waals surface area contributed by atoms with E-state index in [1.807, 2.05) is 41.0 Å². The van der Waals surface area contributed by atoms with Gasteiger partial charge in [0, 0.05) is 22.7 Å². The van der Waals surface area contributed by atoms with Crippen molar-refractivity contribution in [2.75, 3.05) is 19.7 Å². The third-order valence-corrected chi connectivity index (χ3v) is 7.71. The summed E-state index contributed by atoms with van der Waals surface area (Å²) in [5.41, 5.74) is 2.94. The number of hydrogen-bond donors (Lipinski definition) is 1. The molecule has 40 heavy (non-hydrogen) atoms. The van der Waals surface area contributed by atoms with Crippen molar-refractivity contribution in [3.63, 3.8) is 0 Å². The van der Waals surface area contributed by atoms with Crippen molar-refractivity contribution in [1.29, 1.82) is 0 Å². The smallest absolute Gasteiger partial charge is 0.328 e. The molecule has 9 nitrogen and oxygen atoms in total. The van der Waals surface area contributed by atoms with E-state index in [2.05, 4.69) is 21.1 Å². The summed E-state index contributed by atoms with van der Waals surface area (Å²) in [5.74, 6) is 2.52. The molecule has 4 heterocycles. The van der Waals surface area contributed by atoms with Crippen LogP contribution in [0.25, 0.3) is 6.08 Å². The normalized spacial score (nSPS) is 17.9. The van der Waals surface area contributed by atoms with Crippen molar-refractivity contribution in [2.45, 2.75) is 38.0 Å². The van der Waals surface area contributed by atoms with Gasteiger partial charge in [-0.2, -0.15) is 0 Å². The number of halogens is 1. The van der Waals surface area contributed by atoms with Crippen molar-refractivity contribution in [2.24, 2.45) is 0 Å². The predicted octanol–water partition coefficient (Wildman–Crippen LogP) is 5.56. The van der Waals surface area contributed by atoms with Gasteiger partial charge in [-0.05, 0) is 61.7 Å². The van der Waals surface area contributed by atoms with Crippen LogP contribution in [0.2, 0.25) is 5.02 Å². The molecule has 0 aliphatic carbocycles. The van der Waals surface area contributed by atoms with Crippen LogP contribution >= 0.6 is 11.6 Å². The monoisotopic (exact) mass is 560 g/mol. The summed E-state index contributed by atoms with van der Waals surface area (Å²) in [7, 11) is 0. The summed E-state index contributed by atoms with van der Waals surface area (Å²) in [4.78, 5) is 18.1. The average Bonchev–Trinajstić information content (AvgIpc) is 3.62. The highest BCUT2D eigenvalue weighted by molar-refractivity contribution is 6.30. The maximum Gasteiger partial charge on any atom is 0.328 e. The minimum atomic E-state index is -1.01. The van der Waals surface area contributed by atoms with Gasteiger partial charge in [-0.25, -0.2) is 9.78 Å². The molecule has 2 aromatic heterocycles. The number of carboxylic acid groups (broad SMARTS) is 1. The quantitative estimate of drug-likeness (QED) is 0.279. The molecule has 2 aromatic carbocycles. The first kappa shape index (κ1) is 26.2. The standard InChI is InChI=1S/C30H29ClN4O5/c31-22-6-4-21(5-7-22)27-19-38-30-25(2-1-3-26(30)39-27)20-11-14-34(15-12-20)18-28-32-16-23(8-9-29(36)37)35(28)17-24-10-13-33-40-24/h1-10,13,16,20,27H,11-12,14-15,17-19H2,(H,36,37)/b9-8+/t27-/m0/s1. The Labute approximate surface area is 236 Å². The van der Waals surface area contributed by atoms with Crippen LogP contribution in [0, 0.1) is 0 Å². The van der Waals surface area contributed by atoms with Gasteiger partial charge < -0.3 is 23.7 Å². The summed E-state index contributed by atoms with van der Waals surface area (Å²) in [6.45, 7) is 3.33. The molecule has 206 valence electrons. The van der Waals surface area contributed by atoms with E-state index in [-0.39, 0.29) is 6.10 Å². The lowest BCUT2D eigenvalue weighted by Crippen LogP contribution is -2.34. The number of piperidine rings is 1. The van der Waals surface area contributed by atoms with E-state index in [0.717, 1.165) is 54.9 Å². The van der Waals surface area contributed by atoms with Crippen molar-refractivity contribution >= 4 is 23.6 Å². The first-order valence-electron chi connectivity index (χ1n) is 13.3. The highest BCUT2D eigenvalue weighted by Gasteiger charge is 2.30. The third kappa shape index (κ3) is 5.76. The van der Waals surface area contributed by atoms with E-state index in [0.29, 0.717) is 42.1 Å². The van der Waals surface area contributed by atoms with Crippen LogP contribution in [0.15, 0.2) is 71.5 Å². The zero-order valence-electron chi connectivity index (χ0n) is 21.8. The first-order valence-corrected chi connectivity index (χ1v) is 13.7. The number of para-hydroxylation sites is 1. The molecule has 0 saturated carbocycles. The van der Waals surface area contributed by atoms with Crippen LogP contribution in [-0.2, 0) is 17.9 Å². The van der Waals surface area contributed by atoms with Crippen molar-refractivity contribution in [1.82, 2.24) is 19.6 Å². The van der Waals surface area contributed by atoms with Crippen LogP contribution < -0.4 is 9.47 Å². The Bertz CT molecular complexity index is 1490. The zero-order valence-corrected chi connectivity index (χ0v) is 22.5. The Kier molecular flexibility index (Phi) is 7.57. The number of carbonyl (C=O) groups is 1. The number of fused-ring (bicyclic) bond motifs is 1. The lowest BCUT2D eigenvalue weighted by Gasteiger charge is -2.34. The molecule has 0 spiro atoms. The molecule has 1 saturated heterocycles. The van der Waals surface area contributed by atoms with Crippen LogP contribution in [0.4, 0.5) is 0 Å². The van der Waals surface area contributed by atoms with E-state index >= 15 is 0 Å². The molecule has 0 radical (unpaired) electrons. The van der Waals surface area contributed by atoms with Crippen molar-refractivity contribution < 1.29 is 23.9 Å². The average molecular weight is 561 g/mol. The number of aliphatic carboxylic acids is 1. The Morgan fingerprint density at radius 1 is 1.10 bits per heavy atom. The van der Waals surface area contributed by atoms with Gasteiger partial charge in [0.05, 0.1) is 31.2 Å². The molecule has 1 N–H and O–H groups in total. The largest absolute Gasteiger partial charge is 0.485 e. The van der Waals surface area contributed by atoms with Crippen LogP contribution in [-0.4, -0.2) is 50.4 Å². The van der Waals surface area contributed by atoms with Gasteiger partial charge in [-0.15, -0.1) is 0 Å². The van der Waals surface area contributed by atoms with E-state index in [1.165, 1.54) is 5.56 Å². The van der Waals surface area contributed by atoms with Crippen molar-refractivity contribution in [3.8, 4) is 11.5 Å². The van der Waals surface area contributed by atoms with E-state index in [4.69, 9.17) is 30.7 Å². The Hall–Kier alpha value is -4.08. The van der Waals surface area contributed by atoms with Crippen molar-refractivity contribution in [3.05, 3.63) is 100 Å². The lowest BCUT2D eigenvalue weighted by atomic mass is 9.88. The molecule has 0 bridgehead atoms. The molecular formula is C30H29ClN4O5. The van der Waals surface area contributed by atoms with Crippen LogP contribution in [0.3, 0.4) is 0 Å². The molecule has 1 atom stereocenters. The fraction of sp³-hybridized carbons (Fsp3) is 0.300. The third-order valence-electron chi connectivity index (χ3n) is 7.46. The van der Waals surface area contributed by atoms with E-state index < -0.39 is 5.97 Å². The second-order valence-electron chi connectivity index (χ2n) is 10.0. The number of hydrogen-bond acceptors (Lipinski definition) is 7. The summed E-state index contributed by atoms with van der Waals surface area (Å²) in [6, 6.07) is 15.6. The van der Waals surface area contributed by atoms with Gasteiger partial charge in [0.2, 0.25) is 0 Å². The molecule has 1 fully saturated rings. The Balaban J connectivity index is 1.12. The number of nitrogens with zero attached hydrogens (tertiary/aromatic N) is 4. The number of aromatic nitrogens is 3. The molecule has 4 aromatic rings.